The SMILES string of the molecule is COc1cc(C(=O)Nc2ccc3c(c2)C(=O)Nc2cccnc2O3)cc2c1OCCO2. The lowest BCUT2D eigenvalue weighted by Crippen LogP contribution is -2.18. The summed E-state index contributed by atoms with van der Waals surface area (Å²) in [4.78, 5) is 29.6. The second-order valence-electron chi connectivity index (χ2n) is 6.78. The van der Waals surface area contributed by atoms with Crippen LogP contribution in [0.1, 0.15) is 20.7 Å². The van der Waals surface area contributed by atoms with Crippen LogP contribution in [0.15, 0.2) is 48.7 Å². The molecule has 1 aromatic heterocycles. The Balaban J connectivity index is 1.42. The Bertz CT molecular complexity index is 1190. The van der Waals surface area contributed by atoms with Crippen molar-refractivity contribution in [2.24, 2.45) is 0 Å². The van der Waals surface area contributed by atoms with E-state index in [1.807, 2.05) is 0 Å². The highest BCUT2D eigenvalue weighted by Crippen LogP contribution is 2.40. The van der Waals surface area contributed by atoms with Gasteiger partial charge in [0.2, 0.25) is 11.6 Å². The van der Waals surface area contributed by atoms with E-state index in [4.69, 9.17) is 18.9 Å². The number of anilines is 2. The molecule has 2 aliphatic rings. The summed E-state index contributed by atoms with van der Waals surface area (Å²) in [5.41, 5.74) is 1.50. The van der Waals surface area contributed by atoms with Gasteiger partial charge in [-0.05, 0) is 42.5 Å². The molecule has 9 nitrogen and oxygen atoms in total. The van der Waals surface area contributed by atoms with Gasteiger partial charge in [-0.15, -0.1) is 0 Å². The number of rotatable bonds is 3. The Kier molecular flexibility index (Phi) is 4.55. The number of pyridine rings is 1. The fourth-order valence-electron chi connectivity index (χ4n) is 3.34. The van der Waals surface area contributed by atoms with E-state index in [-0.39, 0.29) is 11.5 Å². The molecule has 0 saturated carbocycles. The lowest BCUT2D eigenvalue weighted by Gasteiger charge is -2.21. The van der Waals surface area contributed by atoms with Crippen molar-refractivity contribution in [3.05, 3.63) is 59.8 Å². The van der Waals surface area contributed by atoms with E-state index in [1.54, 1.807) is 48.7 Å². The zero-order valence-electron chi connectivity index (χ0n) is 16.4. The minimum atomic E-state index is -0.393. The summed E-state index contributed by atoms with van der Waals surface area (Å²) < 4.78 is 22.2. The van der Waals surface area contributed by atoms with E-state index in [9.17, 15) is 9.59 Å². The van der Waals surface area contributed by atoms with Gasteiger partial charge < -0.3 is 29.6 Å². The number of methoxy groups -OCH3 is 1. The predicted molar refractivity (Wildman–Crippen MR) is 111 cm³/mol. The average molecular weight is 419 g/mol. The minimum absolute atomic E-state index is 0.274. The summed E-state index contributed by atoms with van der Waals surface area (Å²) in [6.45, 7) is 0.798. The van der Waals surface area contributed by atoms with E-state index in [1.165, 1.54) is 7.11 Å². The van der Waals surface area contributed by atoms with Crippen molar-refractivity contribution in [2.45, 2.75) is 0 Å². The van der Waals surface area contributed by atoms with Gasteiger partial charge in [0.1, 0.15) is 24.7 Å². The second-order valence-corrected chi connectivity index (χ2v) is 6.78. The maximum atomic E-state index is 12.9. The molecule has 2 N–H and O–H groups in total. The Hall–Kier alpha value is -4.27. The number of carbonyl (C=O) groups is 2. The van der Waals surface area contributed by atoms with Crippen LogP contribution >= 0.6 is 0 Å². The molecule has 5 rings (SSSR count). The van der Waals surface area contributed by atoms with Gasteiger partial charge in [0.05, 0.1) is 12.7 Å². The van der Waals surface area contributed by atoms with Gasteiger partial charge in [-0.3, -0.25) is 9.59 Å². The molecular weight excluding hydrogens is 402 g/mol. The van der Waals surface area contributed by atoms with Crippen molar-refractivity contribution in [1.82, 2.24) is 4.98 Å². The molecule has 0 unspecified atom stereocenters. The van der Waals surface area contributed by atoms with Crippen LogP contribution in [0.5, 0.6) is 28.9 Å². The fraction of sp³-hybridized carbons (Fsp3) is 0.136. The zero-order chi connectivity index (χ0) is 21.4. The summed E-state index contributed by atoms with van der Waals surface area (Å²) in [6, 6.07) is 11.4. The standard InChI is InChI=1S/C22H17N3O6/c1-28-17-9-12(10-18-19(17)30-8-7-29-18)20(26)24-13-4-5-16-14(11-13)21(27)25-15-3-2-6-23-22(15)31-16/h2-6,9-11H,7-8H2,1H3,(H,24,26)(H,25,27). The normalized spacial score (nSPS) is 13.6. The third-order valence-electron chi connectivity index (χ3n) is 4.80. The van der Waals surface area contributed by atoms with Crippen molar-refractivity contribution >= 4 is 23.2 Å². The number of amides is 2. The molecule has 0 spiro atoms. The third-order valence-corrected chi connectivity index (χ3v) is 4.80. The second kappa shape index (κ2) is 7.52. The maximum absolute atomic E-state index is 12.9. The summed E-state index contributed by atoms with van der Waals surface area (Å²) >= 11 is 0. The van der Waals surface area contributed by atoms with Gasteiger partial charge >= 0.3 is 0 Å². The van der Waals surface area contributed by atoms with Crippen LogP contribution in [-0.4, -0.2) is 37.1 Å². The largest absolute Gasteiger partial charge is 0.493 e. The van der Waals surface area contributed by atoms with Gasteiger partial charge in [0.25, 0.3) is 11.8 Å². The molecule has 0 saturated heterocycles. The van der Waals surface area contributed by atoms with Crippen LogP contribution in [0.3, 0.4) is 0 Å². The molecule has 31 heavy (non-hydrogen) atoms. The van der Waals surface area contributed by atoms with E-state index in [0.717, 1.165) is 0 Å². The van der Waals surface area contributed by atoms with Gasteiger partial charge in [0, 0.05) is 17.4 Å². The Morgan fingerprint density at radius 2 is 2.00 bits per heavy atom. The molecule has 156 valence electrons. The molecule has 3 aromatic rings. The monoisotopic (exact) mass is 419 g/mol. The summed E-state index contributed by atoms with van der Waals surface area (Å²) in [5.74, 6) is 1.20. The first-order valence-electron chi connectivity index (χ1n) is 9.49. The number of nitrogens with one attached hydrogen (secondary N) is 2. The number of hydrogen-bond acceptors (Lipinski definition) is 7. The van der Waals surface area contributed by atoms with E-state index >= 15 is 0 Å². The molecule has 0 atom stereocenters. The first kappa shape index (κ1) is 18.7. The fourth-order valence-corrected chi connectivity index (χ4v) is 3.34. The molecule has 0 bridgehead atoms. The van der Waals surface area contributed by atoms with Crippen LogP contribution in [-0.2, 0) is 0 Å². The number of ether oxygens (including phenoxy) is 4. The molecule has 0 aliphatic carbocycles. The van der Waals surface area contributed by atoms with Gasteiger partial charge in [0.15, 0.2) is 11.5 Å². The molecule has 2 amide bonds. The highest BCUT2D eigenvalue weighted by atomic mass is 16.6. The first-order chi connectivity index (χ1) is 15.1. The lowest BCUT2D eigenvalue weighted by atomic mass is 10.1. The summed E-state index contributed by atoms with van der Waals surface area (Å²) in [5, 5.41) is 5.54. The molecule has 0 fully saturated rings. The summed E-state index contributed by atoms with van der Waals surface area (Å²) in [7, 11) is 1.49. The highest BCUT2D eigenvalue weighted by Gasteiger charge is 2.24. The van der Waals surface area contributed by atoms with Crippen LogP contribution in [0.2, 0.25) is 0 Å². The molecule has 3 heterocycles. The van der Waals surface area contributed by atoms with Crippen LogP contribution < -0.4 is 29.6 Å². The Morgan fingerprint density at radius 3 is 2.87 bits per heavy atom. The van der Waals surface area contributed by atoms with E-state index in [2.05, 4.69) is 15.6 Å². The van der Waals surface area contributed by atoms with Crippen molar-refractivity contribution in [3.63, 3.8) is 0 Å². The predicted octanol–water partition coefficient (Wildman–Crippen LogP) is 3.47. The third kappa shape index (κ3) is 3.46. The van der Waals surface area contributed by atoms with Gasteiger partial charge in [-0.1, -0.05) is 0 Å². The van der Waals surface area contributed by atoms with Gasteiger partial charge in [-0.25, -0.2) is 4.98 Å². The smallest absolute Gasteiger partial charge is 0.259 e. The molecular formula is C22H17N3O6. The Morgan fingerprint density at radius 1 is 1.13 bits per heavy atom. The van der Waals surface area contributed by atoms with E-state index < -0.39 is 5.91 Å². The average Bonchev–Trinajstić information content (AvgIpc) is 2.94. The topological polar surface area (TPSA) is 108 Å². The van der Waals surface area contributed by atoms with Crippen LogP contribution in [0.4, 0.5) is 11.4 Å². The number of aromatic nitrogens is 1. The highest BCUT2D eigenvalue weighted by molar-refractivity contribution is 6.10. The van der Waals surface area contributed by atoms with Crippen molar-refractivity contribution in [3.8, 4) is 28.9 Å². The van der Waals surface area contributed by atoms with E-state index in [0.29, 0.717) is 59.0 Å². The summed E-state index contributed by atoms with van der Waals surface area (Å²) in [6.07, 6.45) is 1.58. The van der Waals surface area contributed by atoms with Crippen LogP contribution in [0.25, 0.3) is 0 Å². The maximum Gasteiger partial charge on any atom is 0.259 e. The van der Waals surface area contributed by atoms with Crippen molar-refractivity contribution in [1.29, 1.82) is 0 Å². The zero-order valence-corrected chi connectivity index (χ0v) is 16.4. The minimum Gasteiger partial charge on any atom is -0.493 e. The Labute approximate surface area is 176 Å². The van der Waals surface area contributed by atoms with Crippen LogP contribution in [0, 0.1) is 0 Å². The number of nitrogens with zero attached hydrogens (tertiary/aromatic N) is 1. The molecule has 9 heteroatoms. The first-order valence-corrected chi connectivity index (χ1v) is 9.49. The lowest BCUT2D eigenvalue weighted by molar-refractivity contribution is 0.101. The molecule has 2 aromatic carbocycles. The molecule has 0 radical (unpaired) electrons. The number of carbonyl (C=O) groups excluding carboxylic acids is 2. The van der Waals surface area contributed by atoms with Gasteiger partial charge in [-0.2, -0.15) is 0 Å². The number of hydrogen-bond donors (Lipinski definition) is 2. The molecule has 2 aliphatic heterocycles. The quantitative estimate of drug-likeness (QED) is 0.669. The number of benzene rings is 2. The number of fused-ring (bicyclic) bond motifs is 3. The van der Waals surface area contributed by atoms with Crippen molar-refractivity contribution in [2.75, 3.05) is 31.0 Å². The van der Waals surface area contributed by atoms with Crippen molar-refractivity contribution < 1.29 is 28.5 Å².